The van der Waals surface area contributed by atoms with Gasteiger partial charge < -0.3 is 14.8 Å². The fraction of sp³-hybridized carbons (Fsp3) is 0.571. The lowest BCUT2D eigenvalue weighted by molar-refractivity contribution is -0.176. The summed E-state index contributed by atoms with van der Waals surface area (Å²) in [5.74, 6) is 0.697. The monoisotopic (exact) mass is 291 g/mol. The number of alkyl halides is 3. The van der Waals surface area contributed by atoms with Crippen molar-refractivity contribution in [3.8, 4) is 5.75 Å². The molecule has 0 fully saturated rings. The highest BCUT2D eigenvalue weighted by molar-refractivity contribution is 5.33. The number of benzene rings is 1. The summed E-state index contributed by atoms with van der Waals surface area (Å²) in [6.45, 7) is -0.576. The fourth-order valence-corrected chi connectivity index (χ4v) is 2.00. The molecule has 0 saturated heterocycles. The summed E-state index contributed by atoms with van der Waals surface area (Å²) >= 11 is 0. The van der Waals surface area contributed by atoms with Crippen molar-refractivity contribution in [2.24, 2.45) is 5.92 Å². The normalized spacial score (nSPS) is 13.2. The molecular formula is C14H20F3NO2. The first kappa shape index (κ1) is 16.8. The first-order chi connectivity index (χ1) is 9.46. The topological polar surface area (TPSA) is 30.5 Å². The molecule has 0 aromatic heterocycles. The van der Waals surface area contributed by atoms with Gasteiger partial charge in [0.25, 0.3) is 0 Å². The van der Waals surface area contributed by atoms with E-state index in [9.17, 15) is 13.2 Å². The molecule has 0 heterocycles. The van der Waals surface area contributed by atoms with Crippen LogP contribution in [0.3, 0.4) is 0 Å². The molecule has 0 spiro atoms. The SMILES string of the molecule is CNCC(COCC(F)(F)F)Cc1ccccc1OC. The zero-order valence-corrected chi connectivity index (χ0v) is 11.7. The summed E-state index contributed by atoms with van der Waals surface area (Å²) in [5.41, 5.74) is 0.964. The minimum Gasteiger partial charge on any atom is -0.496 e. The predicted octanol–water partition coefficient (Wildman–Crippen LogP) is 2.65. The summed E-state index contributed by atoms with van der Waals surface area (Å²) in [4.78, 5) is 0. The fourth-order valence-electron chi connectivity index (χ4n) is 2.00. The highest BCUT2D eigenvalue weighted by Gasteiger charge is 2.28. The minimum atomic E-state index is -4.28. The number of rotatable bonds is 8. The largest absolute Gasteiger partial charge is 0.496 e. The molecule has 0 aliphatic heterocycles. The van der Waals surface area contributed by atoms with Gasteiger partial charge in [0.15, 0.2) is 0 Å². The van der Waals surface area contributed by atoms with Gasteiger partial charge in [-0.1, -0.05) is 18.2 Å². The third-order valence-corrected chi connectivity index (χ3v) is 2.81. The van der Waals surface area contributed by atoms with Crippen molar-refractivity contribution >= 4 is 0 Å². The molecular weight excluding hydrogens is 271 g/mol. The van der Waals surface area contributed by atoms with E-state index in [1.807, 2.05) is 24.3 Å². The summed E-state index contributed by atoms with van der Waals surface area (Å²) in [7, 11) is 3.34. The summed E-state index contributed by atoms with van der Waals surface area (Å²) < 4.78 is 46.2. The van der Waals surface area contributed by atoms with Crippen molar-refractivity contribution < 1.29 is 22.6 Å². The molecule has 0 radical (unpaired) electrons. The van der Waals surface area contributed by atoms with E-state index in [4.69, 9.17) is 9.47 Å². The van der Waals surface area contributed by atoms with Crippen molar-refractivity contribution in [1.29, 1.82) is 0 Å². The molecule has 1 rings (SSSR count). The standard InChI is InChI=1S/C14H20F3NO2/c1-18-8-11(9-20-10-14(15,16)17)7-12-5-3-4-6-13(12)19-2/h3-6,11,18H,7-10H2,1-2H3. The average Bonchev–Trinajstić information content (AvgIpc) is 2.38. The van der Waals surface area contributed by atoms with Crippen molar-refractivity contribution in [2.45, 2.75) is 12.6 Å². The Morgan fingerprint density at radius 3 is 2.55 bits per heavy atom. The van der Waals surface area contributed by atoms with Gasteiger partial charge in [-0.05, 0) is 31.0 Å². The van der Waals surface area contributed by atoms with Crippen LogP contribution in [0.15, 0.2) is 24.3 Å². The Bertz CT molecular complexity index is 396. The van der Waals surface area contributed by atoms with Crippen LogP contribution in [0.1, 0.15) is 5.56 Å². The number of nitrogens with one attached hydrogen (secondary N) is 1. The number of ether oxygens (including phenoxy) is 2. The van der Waals surface area contributed by atoms with E-state index < -0.39 is 12.8 Å². The van der Waals surface area contributed by atoms with Crippen LogP contribution >= 0.6 is 0 Å². The highest BCUT2D eigenvalue weighted by Crippen LogP contribution is 2.21. The second kappa shape index (κ2) is 8.11. The maximum atomic E-state index is 12.1. The lowest BCUT2D eigenvalue weighted by atomic mass is 9.99. The number of methoxy groups -OCH3 is 1. The summed E-state index contributed by atoms with van der Waals surface area (Å²) in [6, 6.07) is 7.48. The Kier molecular flexibility index (Phi) is 6.81. The third-order valence-electron chi connectivity index (χ3n) is 2.81. The Hall–Kier alpha value is -1.27. The van der Waals surface area contributed by atoms with Gasteiger partial charge in [0.1, 0.15) is 12.4 Å². The third kappa shape index (κ3) is 6.25. The molecule has 0 aliphatic carbocycles. The van der Waals surface area contributed by atoms with Crippen LogP contribution in [-0.2, 0) is 11.2 Å². The molecule has 1 aromatic carbocycles. The first-order valence-electron chi connectivity index (χ1n) is 6.37. The second-order valence-corrected chi connectivity index (χ2v) is 4.57. The van der Waals surface area contributed by atoms with Crippen LogP contribution in [0.4, 0.5) is 13.2 Å². The van der Waals surface area contributed by atoms with Crippen LogP contribution in [0.25, 0.3) is 0 Å². The maximum absolute atomic E-state index is 12.1. The van der Waals surface area contributed by atoms with E-state index in [0.29, 0.717) is 13.0 Å². The Morgan fingerprint density at radius 2 is 1.95 bits per heavy atom. The van der Waals surface area contributed by atoms with E-state index in [1.54, 1.807) is 14.2 Å². The Balaban J connectivity index is 2.57. The number of hydrogen-bond donors (Lipinski definition) is 1. The van der Waals surface area contributed by atoms with E-state index in [-0.39, 0.29) is 12.5 Å². The quantitative estimate of drug-likeness (QED) is 0.799. The predicted molar refractivity (Wildman–Crippen MR) is 71.0 cm³/mol. The first-order valence-corrected chi connectivity index (χ1v) is 6.37. The molecule has 1 atom stereocenters. The zero-order chi connectivity index (χ0) is 15.0. The van der Waals surface area contributed by atoms with Crippen LogP contribution in [0.5, 0.6) is 5.75 Å². The van der Waals surface area contributed by atoms with Crippen LogP contribution in [-0.4, -0.2) is 40.1 Å². The second-order valence-electron chi connectivity index (χ2n) is 4.57. The molecule has 1 unspecified atom stereocenters. The molecule has 0 aliphatic rings. The molecule has 1 aromatic rings. The Labute approximate surface area is 117 Å². The van der Waals surface area contributed by atoms with Crippen LogP contribution in [0.2, 0.25) is 0 Å². The number of halogens is 3. The molecule has 0 saturated carbocycles. The smallest absolute Gasteiger partial charge is 0.411 e. The molecule has 1 N–H and O–H groups in total. The van der Waals surface area contributed by atoms with Crippen molar-refractivity contribution in [1.82, 2.24) is 5.32 Å². The molecule has 114 valence electrons. The number of hydrogen-bond acceptors (Lipinski definition) is 3. The minimum absolute atomic E-state index is 0.0429. The van der Waals surface area contributed by atoms with Crippen molar-refractivity contribution in [2.75, 3.05) is 33.9 Å². The van der Waals surface area contributed by atoms with Crippen molar-refractivity contribution in [3.05, 3.63) is 29.8 Å². The lowest BCUT2D eigenvalue weighted by Gasteiger charge is -2.19. The van der Waals surface area contributed by atoms with Crippen molar-refractivity contribution in [3.63, 3.8) is 0 Å². The van der Waals surface area contributed by atoms with E-state index in [2.05, 4.69) is 5.32 Å². The average molecular weight is 291 g/mol. The van der Waals surface area contributed by atoms with Gasteiger partial charge in [0.2, 0.25) is 0 Å². The molecule has 3 nitrogen and oxygen atoms in total. The van der Waals surface area contributed by atoms with Gasteiger partial charge in [-0.3, -0.25) is 0 Å². The summed E-state index contributed by atoms with van der Waals surface area (Å²) in [6.07, 6.45) is -3.68. The van der Waals surface area contributed by atoms with E-state index in [1.165, 1.54) is 0 Å². The lowest BCUT2D eigenvalue weighted by Crippen LogP contribution is -2.27. The van der Waals surface area contributed by atoms with Crippen LogP contribution < -0.4 is 10.1 Å². The van der Waals surface area contributed by atoms with Gasteiger partial charge in [0, 0.05) is 6.54 Å². The number of para-hydroxylation sites is 1. The van der Waals surface area contributed by atoms with Gasteiger partial charge in [0.05, 0.1) is 13.7 Å². The molecule has 0 amide bonds. The zero-order valence-electron chi connectivity index (χ0n) is 11.7. The highest BCUT2D eigenvalue weighted by atomic mass is 19.4. The molecule has 0 bridgehead atoms. The van der Waals surface area contributed by atoms with E-state index >= 15 is 0 Å². The van der Waals surface area contributed by atoms with Gasteiger partial charge in [-0.15, -0.1) is 0 Å². The Morgan fingerprint density at radius 1 is 1.25 bits per heavy atom. The van der Waals surface area contributed by atoms with Crippen LogP contribution in [0, 0.1) is 5.92 Å². The van der Waals surface area contributed by atoms with Gasteiger partial charge in [-0.25, -0.2) is 0 Å². The van der Waals surface area contributed by atoms with Gasteiger partial charge in [-0.2, -0.15) is 13.2 Å². The maximum Gasteiger partial charge on any atom is 0.411 e. The molecule has 20 heavy (non-hydrogen) atoms. The van der Waals surface area contributed by atoms with E-state index in [0.717, 1.165) is 11.3 Å². The van der Waals surface area contributed by atoms with Gasteiger partial charge >= 0.3 is 6.18 Å². The summed E-state index contributed by atoms with van der Waals surface area (Å²) in [5, 5.41) is 2.97. The molecule has 6 heteroatoms.